The van der Waals surface area contributed by atoms with Crippen LogP contribution in [-0.4, -0.2) is 22.8 Å². The number of hydrogen-bond donors (Lipinski definition) is 0. The minimum absolute atomic E-state index is 0. The first-order chi connectivity index (χ1) is 0. The molecule has 0 bridgehead atoms. The van der Waals surface area contributed by atoms with Crippen LogP contribution >= 0.6 is 24.8 Å². The van der Waals surface area contributed by atoms with Crippen LogP contribution in [0.3, 0.4) is 0 Å². The molecule has 0 saturated heterocycles. The molecule has 0 aliphatic rings. The minimum atomic E-state index is 0. The fourth-order valence-corrected chi connectivity index (χ4v) is 0. The average Bonchev–Trinajstić information content (AvgIpc) is 0. The summed E-state index contributed by atoms with van der Waals surface area (Å²) >= 11 is 0. The molecule has 0 heterocycles. The Labute approximate surface area is 84.5 Å². The SMILES string of the molecule is Cl.Cl.O.[Al+3].[Cl-].[Cl-].[Cl-]. The third kappa shape index (κ3) is 74.3. The molecule has 48 valence electrons. The van der Waals surface area contributed by atoms with Crippen LogP contribution in [0, 0.1) is 0 Å². The first-order valence-electron chi connectivity index (χ1n) is 0. The van der Waals surface area contributed by atoms with Crippen molar-refractivity contribution >= 4 is 42.2 Å². The zero-order valence-electron chi connectivity index (χ0n) is 3.03. The van der Waals surface area contributed by atoms with Gasteiger partial charge in [0.15, 0.2) is 0 Å². The van der Waals surface area contributed by atoms with Crippen molar-refractivity contribution < 1.29 is 42.7 Å². The van der Waals surface area contributed by atoms with Crippen LogP contribution in [0.2, 0.25) is 0 Å². The summed E-state index contributed by atoms with van der Waals surface area (Å²) in [4.78, 5) is 0. The summed E-state index contributed by atoms with van der Waals surface area (Å²) in [6.07, 6.45) is 0. The van der Waals surface area contributed by atoms with Gasteiger partial charge >= 0.3 is 17.4 Å². The maximum Gasteiger partial charge on any atom is 3.00 e. The smallest absolute Gasteiger partial charge is 1.00 e. The standard InChI is InChI=1S/Al.5ClH.H2O/h;5*1H;1H2/q+3;;;;;;/p-3. The van der Waals surface area contributed by atoms with E-state index in [1.54, 1.807) is 0 Å². The molecule has 0 rings (SSSR count). The van der Waals surface area contributed by atoms with Gasteiger partial charge in [-0.15, -0.1) is 24.8 Å². The van der Waals surface area contributed by atoms with Gasteiger partial charge in [-0.3, -0.25) is 0 Å². The Morgan fingerprint density at radius 3 is 0.571 bits per heavy atom. The molecular weight excluding hydrogens is 220 g/mol. The van der Waals surface area contributed by atoms with Gasteiger partial charge in [-0.05, 0) is 0 Å². The van der Waals surface area contributed by atoms with E-state index in [2.05, 4.69) is 0 Å². The summed E-state index contributed by atoms with van der Waals surface area (Å²) in [6, 6.07) is 0. The zero-order chi connectivity index (χ0) is 0. The van der Waals surface area contributed by atoms with Crippen molar-refractivity contribution in [3.8, 4) is 0 Å². The quantitative estimate of drug-likeness (QED) is 0.366. The third-order valence-corrected chi connectivity index (χ3v) is 0. The molecule has 7 heavy (non-hydrogen) atoms. The Bertz CT molecular complexity index is 8.04. The molecule has 0 radical (unpaired) electrons. The van der Waals surface area contributed by atoms with Crippen LogP contribution < -0.4 is 37.2 Å². The Kier molecular flexibility index (Phi) is 2170. The van der Waals surface area contributed by atoms with E-state index in [1.165, 1.54) is 0 Å². The van der Waals surface area contributed by atoms with Crippen molar-refractivity contribution in [3.63, 3.8) is 0 Å². The van der Waals surface area contributed by atoms with Gasteiger partial charge in [-0.25, -0.2) is 0 Å². The van der Waals surface area contributed by atoms with E-state index in [-0.39, 0.29) is 84.9 Å². The maximum absolute atomic E-state index is 0. The van der Waals surface area contributed by atoms with Gasteiger partial charge in [-0.2, -0.15) is 0 Å². The topological polar surface area (TPSA) is 31.5 Å². The van der Waals surface area contributed by atoms with Crippen LogP contribution in [0.25, 0.3) is 0 Å². The predicted octanol–water partition coefficient (Wildman–Crippen LogP) is -9.35. The minimum Gasteiger partial charge on any atom is -1.00 e. The molecule has 1 nitrogen and oxygen atoms in total. The summed E-state index contributed by atoms with van der Waals surface area (Å²) in [5.74, 6) is 0. The zero-order valence-corrected chi connectivity index (χ0v) is 8.08. The molecule has 0 aliphatic heterocycles. The number of halogens is 5. The molecule has 0 amide bonds. The molecule has 0 aromatic rings. The molecule has 0 aromatic heterocycles. The molecule has 7 heteroatoms. The number of rotatable bonds is 0. The van der Waals surface area contributed by atoms with Gasteiger partial charge in [0.2, 0.25) is 0 Å². The molecule has 0 saturated carbocycles. The Morgan fingerprint density at radius 2 is 0.571 bits per heavy atom. The van der Waals surface area contributed by atoms with Gasteiger partial charge in [-0.1, -0.05) is 0 Å². The van der Waals surface area contributed by atoms with Crippen molar-refractivity contribution in [2.75, 3.05) is 0 Å². The van der Waals surface area contributed by atoms with E-state index in [0.29, 0.717) is 0 Å². The predicted molar refractivity (Wildman–Crippen MR) is 23.9 cm³/mol. The van der Waals surface area contributed by atoms with Crippen LogP contribution in [-0.2, 0) is 0 Å². The fraction of sp³-hybridized carbons (Fsp3) is 0. The van der Waals surface area contributed by atoms with E-state index in [4.69, 9.17) is 0 Å². The summed E-state index contributed by atoms with van der Waals surface area (Å²) in [6.45, 7) is 0. The Hall–Kier alpha value is 1.94. The monoisotopic (exact) mass is 222 g/mol. The number of hydrogen-bond acceptors (Lipinski definition) is 0. The summed E-state index contributed by atoms with van der Waals surface area (Å²) < 4.78 is 0. The van der Waals surface area contributed by atoms with Crippen LogP contribution in [0.5, 0.6) is 0 Å². The van der Waals surface area contributed by atoms with E-state index >= 15 is 0 Å². The molecule has 0 unspecified atom stereocenters. The third-order valence-electron chi connectivity index (χ3n) is 0. The average molecular weight is 224 g/mol. The van der Waals surface area contributed by atoms with Crippen molar-refractivity contribution in [2.24, 2.45) is 0 Å². The van der Waals surface area contributed by atoms with Gasteiger partial charge in [0.25, 0.3) is 0 Å². The fourth-order valence-electron chi connectivity index (χ4n) is 0. The summed E-state index contributed by atoms with van der Waals surface area (Å²) in [5.41, 5.74) is 0. The second-order valence-electron chi connectivity index (χ2n) is 0. The second kappa shape index (κ2) is 101. The van der Waals surface area contributed by atoms with Crippen LogP contribution in [0.1, 0.15) is 0 Å². The van der Waals surface area contributed by atoms with Gasteiger partial charge < -0.3 is 42.7 Å². The largest absolute Gasteiger partial charge is 3.00 e. The second-order valence-corrected chi connectivity index (χ2v) is 0. The Balaban J connectivity index is 0. The van der Waals surface area contributed by atoms with Crippen LogP contribution in [0.15, 0.2) is 0 Å². The van der Waals surface area contributed by atoms with E-state index in [9.17, 15) is 0 Å². The molecule has 0 spiro atoms. The van der Waals surface area contributed by atoms with Gasteiger partial charge in [0.1, 0.15) is 0 Å². The van der Waals surface area contributed by atoms with E-state index < -0.39 is 0 Å². The van der Waals surface area contributed by atoms with Crippen molar-refractivity contribution in [1.82, 2.24) is 0 Å². The summed E-state index contributed by atoms with van der Waals surface area (Å²) in [5, 5.41) is 0. The first kappa shape index (κ1) is 150. The molecule has 2 N–H and O–H groups in total. The normalized spacial score (nSPS) is 0. The Morgan fingerprint density at radius 1 is 0.571 bits per heavy atom. The van der Waals surface area contributed by atoms with Gasteiger partial charge in [0, 0.05) is 0 Å². The first-order valence-corrected chi connectivity index (χ1v) is 0. The molecule has 0 atom stereocenters. The van der Waals surface area contributed by atoms with Gasteiger partial charge in [0.05, 0.1) is 0 Å². The summed E-state index contributed by atoms with van der Waals surface area (Å²) in [7, 11) is 0. The van der Waals surface area contributed by atoms with E-state index in [0.717, 1.165) is 0 Å². The van der Waals surface area contributed by atoms with Crippen molar-refractivity contribution in [3.05, 3.63) is 0 Å². The van der Waals surface area contributed by atoms with E-state index in [1.807, 2.05) is 0 Å². The maximum atomic E-state index is 0. The molecule has 0 aliphatic carbocycles. The van der Waals surface area contributed by atoms with Crippen molar-refractivity contribution in [1.29, 1.82) is 0 Å². The van der Waals surface area contributed by atoms with Crippen LogP contribution in [0.4, 0.5) is 0 Å². The molecule has 0 aromatic carbocycles. The molecular formula is H4AlCl5O. The molecule has 0 fully saturated rings. The van der Waals surface area contributed by atoms with Crippen molar-refractivity contribution in [2.45, 2.75) is 0 Å².